The van der Waals surface area contributed by atoms with Crippen molar-refractivity contribution in [1.82, 2.24) is 39.0 Å². The summed E-state index contributed by atoms with van der Waals surface area (Å²) in [6.07, 6.45) is -9.03. The van der Waals surface area contributed by atoms with E-state index in [-0.39, 0.29) is 24.2 Å². The second-order valence-electron chi connectivity index (χ2n) is 17.9. The largest absolute Gasteiger partial charge is 0.416 e. The number of aliphatic hydroxyl groups excluding tert-OH is 2. The quantitative estimate of drug-likeness (QED) is 0.0928. The van der Waals surface area contributed by atoms with E-state index in [0.29, 0.717) is 160 Å². The number of aliphatic hydroxyl groups is 2. The van der Waals surface area contributed by atoms with Crippen molar-refractivity contribution < 1.29 is 46.0 Å². The minimum atomic E-state index is -4.52. The van der Waals surface area contributed by atoms with Crippen molar-refractivity contribution in [3.8, 4) is 0 Å². The lowest BCUT2D eigenvalue weighted by molar-refractivity contribution is -0.139. The van der Waals surface area contributed by atoms with E-state index in [4.69, 9.17) is 31.1 Å². The number of nitrogens with two attached hydrogens (primary N) is 2. The van der Waals surface area contributed by atoms with Gasteiger partial charge in [0.15, 0.2) is 34.6 Å². The fourth-order valence-corrected chi connectivity index (χ4v) is 9.35. The molecule has 4 aliphatic rings. The van der Waals surface area contributed by atoms with Crippen molar-refractivity contribution in [2.24, 2.45) is 0 Å². The van der Waals surface area contributed by atoms with Crippen LogP contribution in [-0.4, -0.2) is 140 Å². The van der Waals surface area contributed by atoms with Crippen LogP contribution in [0, 0.1) is 13.8 Å². The number of imidazole rings is 2. The van der Waals surface area contributed by atoms with Crippen LogP contribution in [0.3, 0.4) is 0 Å². The van der Waals surface area contributed by atoms with Crippen LogP contribution in [0.4, 0.5) is 72.4 Å². The lowest BCUT2D eigenvalue weighted by atomic mass is 10.0. The standard InChI is InChI=1S/2C23H28F3N7O2/c2*1-14-21(33-22(28-14)18(27)11-20(30-33)32-7-9-35-10-8-32)29-19-4-2-3-17(23(24,25)26)16(19)13-31-6-5-15(34)12-31/h2*2-4,11,15,29,34H,5-10,12-13,27H2,1H3. The number of nitrogens with zero attached hydrogens (tertiary/aromatic N) is 10. The Morgan fingerprint density at radius 1 is 0.614 bits per heavy atom. The maximum absolute atomic E-state index is 13.9. The Morgan fingerprint density at radius 2 is 1.00 bits per heavy atom. The Morgan fingerprint density at radius 3 is 1.34 bits per heavy atom. The van der Waals surface area contributed by atoms with Gasteiger partial charge in [-0.1, -0.05) is 12.1 Å². The fraction of sp³-hybridized carbons (Fsp3) is 0.478. The molecule has 8 heterocycles. The Labute approximate surface area is 398 Å². The minimum absolute atomic E-state index is 0.0550. The van der Waals surface area contributed by atoms with Gasteiger partial charge in [0.25, 0.3) is 0 Å². The molecule has 2 unspecified atom stereocenters. The zero-order chi connectivity index (χ0) is 49.5. The number of alkyl halides is 6. The Balaban J connectivity index is 0.000000174. The number of nitrogens with one attached hydrogen (secondary N) is 2. The van der Waals surface area contributed by atoms with Gasteiger partial charge in [0, 0.05) is 100 Å². The summed E-state index contributed by atoms with van der Waals surface area (Å²) < 4.78 is 97.6. The summed E-state index contributed by atoms with van der Waals surface area (Å²) in [5.74, 6) is 2.19. The third-order valence-electron chi connectivity index (χ3n) is 12.9. The molecule has 0 aliphatic carbocycles. The molecule has 376 valence electrons. The van der Waals surface area contributed by atoms with E-state index >= 15 is 0 Å². The first kappa shape index (κ1) is 48.8. The average Bonchev–Trinajstić information content (AvgIpc) is 4.10. The predicted octanol–water partition coefficient (Wildman–Crippen LogP) is 5.57. The SMILES string of the molecule is Cc1nc2c(N)cc(N3CCOCC3)nn2c1Nc1cccc(C(F)(F)F)c1CN1CCC(O)C1.Cc1nc2c(N)cc(N3CCOCC3)nn2c1Nc1cccc(C(F)(F)F)c1CN1CCC(O)C1. The maximum Gasteiger partial charge on any atom is 0.416 e. The maximum atomic E-state index is 13.9. The first-order valence-electron chi connectivity index (χ1n) is 23.1. The summed E-state index contributed by atoms with van der Waals surface area (Å²) in [7, 11) is 0. The number of halogens is 6. The molecule has 24 heteroatoms. The number of anilines is 8. The molecule has 0 spiro atoms. The normalized spacial score (nSPS) is 19.6. The van der Waals surface area contributed by atoms with Crippen LogP contribution in [-0.2, 0) is 34.9 Å². The number of hydrogen-bond acceptors (Lipinski definition) is 16. The molecule has 0 bridgehead atoms. The van der Waals surface area contributed by atoms with Crippen LogP contribution < -0.4 is 31.9 Å². The molecule has 0 saturated carbocycles. The number of morpholine rings is 2. The predicted molar refractivity (Wildman–Crippen MR) is 252 cm³/mol. The summed E-state index contributed by atoms with van der Waals surface area (Å²) in [6.45, 7) is 10.3. The van der Waals surface area contributed by atoms with Crippen LogP contribution in [0.5, 0.6) is 0 Å². The highest BCUT2D eigenvalue weighted by Crippen LogP contribution is 2.40. The average molecular weight is 983 g/mol. The van der Waals surface area contributed by atoms with E-state index in [9.17, 15) is 36.6 Å². The first-order valence-corrected chi connectivity index (χ1v) is 23.1. The highest BCUT2D eigenvalue weighted by molar-refractivity contribution is 5.76. The number of aromatic nitrogens is 6. The van der Waals surface area contributed by atoms with E-state index in [1.165, 1.54) is 12.1 Å². The van der Waals surface area contributed by atoms with Crippen molar-refractivity contribution in [1.29, 1.82) is 0 Å². The van der Waals surface area contributed by atoms with Crippen LogP contribution in [0.15, 0.2) is 48.5 Å². The van der Waals surface area contributed by atoms with Crippen LogP contribution >= 0.6 is 0 Å². The molecule has 4 aromatic heterocycles. The van der Waals surface area contributed by atoms with Crippen molar-refractivity contribution in [3.05, 3.63) is 82.2 Å². The summed E-state index contributed by atoms with van der Waals surface area (Å²) in [6, 6.07) is 11.7. The summed E-state index contributed by atoms with van der Waals surface area (Å²) in [5.41, 5.74) is 14.8. The van der Waals surface area contributed by atoms with Crippen LogP contribution in [0.2, 0.25) is 0 Å². The minimum Gasteiger partial charge on any atom is -0.396 e. The molecule has 70 heavy (non-hydrogen) atoms. The number of aryl methyl sites for hydroxylation is 2. The van der Waals surface area contributed by atoms with Gasteiger partial charge in [0.1, 0.15) is 0 Å². The molecule has 10 rings (SSSR count). The highest BCUT2D eigenvalue weighted by atomic mass is 19.4. The Bertz CT molecular complexity index is 2640. The van der Waals surface area contributed by atoms with Crippen molar-refractivity contribution >= 4 is 57.3 Å². The third-order valence-corrected chi connectivity index (χ3v) is 12.9. The number of benzene rings is 2. The Kier molecular flexibility index (Phi) is 13.9. The van der Waals surface area contributed by atoms with E-state index in [1.54, 1.807) is 47.1 Å². The van der Waals surface area contributed by atoms with Crippen molar-refractivity contribution in [2.45, 2.75) is 64.3 Å². The topological polar surface area (TPSA) is 208 Å². The van der Waals surface area contributed by atoms with Crippen LogP contribution in [0.25, 0.3) is 11.3 Å². The second-order valence-corrected chi connectivity index (χ2v) is 17.9. The highest BCUT2D eigenvalue weighted by Gasteiger charge is 2.37. The molecule has 6 aromatic rings. The van der Waals surface area contributed by atoms with Gasteiger partial charge in [-0.25, -0.2) is 9.97 Å². The third kappa shape index (κ3) is 10.5. The van der Waals surface area contributed by atoms with Gasteiger partial charge < -0.3 is 51.6 Å². The molecular formula is C46H56F6N14O4. The van der Waals surface area contributed by atoms with E-state index in [1.807, 2.05) is 19.6 Å². The zero-order valence-electron chi connectivity index (χ0n) is 38.7. The van der Waals surface area contributed by atoms with Gasteiger partial charge >= 0.3 is 12.4 Å². The molecule has 2 aromatic carbocycles. The smallest absolute Gasteiger partial charge is 0.396 e. The van der Waals surface area contributed by atoms with E-state index in [2.05, 4.69) is 20.6 Å². The van der Waals surface area contributed by atoms with Gasteiger partial charge in [-0.3, -0.25) is 9.80 Å². The summed E-state index contributed by atoms with van der Waals surface area (Å²) in [5, 5.41) is 35.5. The molecule has 4 aliphatic heterocycles. The van der Waals surface area contributed by atoms with Gasteiger partial charge in [-0.15, -0.1) is 10.2 Å². The molecule has 2 atom stereocenters. The fourth-order valence-electron chi connectivity index (χ4n) is 9.35. The molecule has 4 saturated heterocycles. The number of likely N-dealkylation sites (tertiary alicyclic amines) is 2. The van der Waals surface area contributed by atoms with E-state index in [0.717, 1.165) is 12.1 Å². The monoisotopic (exact) mass is 982 g/mol. The van der Waals surface area contributed by atoms with Gasteiger partial charge in [0.2, 0.25) is 0 Å². The molecule has 0 radical (unpaired) electrons. The molecule has 0 amide bonds. The molecule has 18 nitrogen and oxygen atoms in total. The number of β-amino-alcohol motifs (C(OH)–C–C–N with tert-alkyl or cyclic N) is 2. The van der Waals surface area contributed by atoms with Gasteiger partial charge in [0.05, 0.1) is 72.5 Å². The molecule has 4 fully saturated rings. The number of nitrogen functional groups attached to an aromatic ring is 2. The lowest BCUT2D eigenvalue weighted by Gasteiger charge is -2.28. The van der Waals surface area contributed by atoms with Gasteiger partial charge in [-0.2, -0.15) is 35.4 Å². The zero-order valence-corrected chi connectivity index (χ0v) is 38.7. The first-order chi connectivity index (χ1) is 33.4. The Hall–Kier alpha value is -6.18. The lowest BCUT2D eigenvalue weighted by Crippen LogP contribution is -2.37. The number of fused-ring (bicyclic) bond motifs is 2. The van der Waals surface area contributed by atoms with Crippen LogP contribution in [0.1, 0.15) is 46.5 Å². The van der Waals surface area contributed by atoms with Crippen molar-refractivity contribution in [3.63, 3.8) is 0 Å². The van der Waals surface area contributed by atoms with Gasteiger partial charge in [-0.05, 0) is 51.0 Å². The number of rotatable bonds is 10. The second kappa shape index (κ2) is 19.9. The molecule has 8 N–H and O–H groups in total. The summed E-state index contributed by atoms with van der Waals surface area (Å²) >= 11 is 0. The molecular weight excluding hydrogens is 927 g/mol. The summed E-state index contributed by atoms with van der Waals surface area (Å²) in [4.78, 5) is 16.8. The van der Waals surface area contributed by atoms with Crippen molar-refractivity contribution in [2.75, 3.05) is 111 Å². The number of ether oxygens (including phenoxy) is 2. The number of hydrogen-bond donors (Lipinski definition) is 6. The van der Waals surface area contributed by atoms with E-state index < -0.39 is 35.7 Å².